The van der Waals surface area contributed by atoms with Crippen molar-refractivity contribution in [2.24, 2.45) is 10.9 Å². The first-order valence-corrected chi connectivity index (χ1v) is 7.33. The van der Waals surface area contributed by atoms with Crippen LogP contribution in [0.4, 0.5) is 5.69 Å². The summed E-state index contributed by atoms with van der Waals surface area (Å²) in [5, 5.41) is 22.9. The lowest BCUT2D eigenvalue weighted by atomic mass is 10.2. The first-order chi connectivity index (χ1) is 10.0. The summed E-state index contributed by atoms with van der Waals surface area (Å²) in [5.41, 5.74) is 6.17. The SMILES string of the molecule is N/C(=N/O)c1c(Br)cccc1Sc1ccccc1[N+](=O)[O-]. The maximum atomic E-state index is 11.0. The van der Waals surface area contributed by atoms with Gasteiger partial charge in [-0.05, 0) is 34.1 Å². The summed E-state index contributed by atoms with van der Waals surface area (Å²) < 4.78 is 0.640. The molecule has 2 aromatic rings. The van der Waals surface area contributed by atoms with E-state index in [0.29, 0.717) is 19.8 Å². The Morgan fingerprint density at radius 1 is 1.24 bits per heavy atom. The normalized spacial score (nSPS) is 11.4. The van der Waals surface area contributed by atoms with Crippen molar-refractivity contribution in [3.8, 4) is 0 Å². The molecular formula is C13H10BrN3O3S. The summed E-state index contributed by atoms with van der Waals surface area (Å²) in [6.45, 7) is 0. The molecule has 0 aromatic heterocycles. The molecule has 0 radical (unpaired) electrons. The number of nitro benzene ring substituents is 1. The van der Waals surface area contributed by atoms with E-state index in [2.05, 4.69) is 21.1 Å². The lowest BCUT2D eigenvalue weighted by Crippen LogP contribution is -2.15. The van der Waals surface area contributed by atoms with Crippen LogP contribution in [-0.4, -0.2) is 16.0 Å². The van der Waals surface area contributed by atoms with Crippen LogP contribution in [-0.2, 0) is 0 Å². The fourth-order valence-corrected chi connectivity index (χ4v) is 3.50. The molecular weight excluding hydrogens is 358 g/mol. The Kier molecular flexibility index (Phi) is 4.81. The van der Waals surface area contributed by atoms with E-state index in [1.807, 2.05) is 0 Å². The van der Waals surface area contributed by atoms with E-state index >= 15 is 0 Å². The molecule has 0 spiro atoms. The van der Waals surface area contributed by atoms with Crippen LogP contribution in [0.5, 0.6) is 0 Å². The third-order valence-electron chi connectivity index (χ3n) is 2.62. The minimum Gasteiger partial charge on any atom is -0.409 e. The number of nitrogens with zero attached hydrogens (tertiary/aromatic N) is 2. The van der Waals surface area contributed by atoms with Crippen molar-refractivity contribution in [2.45, 2.75) is 9.79 Å². The zero-order chi connectivity index (χ0) is 15.4. The van der Waals surface area contributed by atoms with E-state index in [0.717, 1.165) is 0 Å². The molecule has 3 N–H and O–H groups in total. The number of hydrogen-bond donors (Lipinski definition) is 2. The molecule has 0 aliphatic rings. The Morgan fingerprint density at radius 3 is 2.57 bits per heavy atom. The van der Waals surface area contributed by atoms with Gasteiger partial charge in [-0.2, -0.15) is 0 Å². The molecule has 0 amide bonds. The molecule has 0 saturated carbocycles. The number of oxime groups is 1. The number of benzene rings is 2. The Balaban J connectivity index is 2.51. The largest absolute Gasteiger partial charge is 0.409 e. The van der Waals surface area contributed by atoms with Gasteiger partial charge in [0.2, 0.25) is 0 Å². The van der Waals surface area contributed by atoms with E-state index in [1.54, 1.807) is 36.4 Å². The first kappa shape index (κ1) is 15.3. The second-order valence-electron chi connectivity index (χ2n) is 3.93. The summed E-state index contributed by atoms with van der Waals surface area (Å²) in [5.74, 6) is -0.0661. The molecule has 0 fully saturated rings. The molecule has 0 saturated heterocycles. The van der Waals surface area contributed by atoms with Crippen molar-refractivity contribution in [1.29, 1.82) is 0 Å². The zero-order valence-corrected chi connectivity index (χ0v) is 13.0. The van der Waals surface area contributed by atoms with Crippen LogP contribution in [0.1, 0.15) is 5.56 Å². The van der Waals surface area contributed by atoms with E-state index < -0.39 is 4.92 Å². The van der Waals surface area contributed by atoms with Gasteiger partial charge in [-0.3, -0.25) is 10.1 Å². The summed E-state index contributed by atoms with van der Waals surface area (Å²) in [6.07, 6.45) is 0. The highest BCUT2D eigenvalue weighted by Crippen LogP contribution is 2.38. The van der Waals surface area contributed by atoms with Gasteiger partial charge in [0, 0.05) is 21.0 Å². The molecule has 0 bridgehead atoms. The smallest absolute Gasteiger partial charge is 0.283 e. The van der Waals surface area contributed by atoms with Gasteiger partial charge in [-0.25, -0.2) is 0 Å². The van der Waals surface area contributed by atoms with Crippen LogP contribution in [0.2, 0.25) is 0 Å². The van der Waals surface area contributed by atoms with Crippen molar-refractivity contribution in [2.75, 3.05) is 0 Å². The Labute approximate surface area is 132 Å². The van der Waals surface area contributed by atoms with Crippen LogP contribution < -0.4 is 5.73 Å². The number of rotatable bonds is 4. The maximum absolute atomic E-state index is 11.0. The summed E-state index contributed by atoms with van der Waals surface area (Å²) in [7, 11) is 0. The number of amidine groups is 1. The fraction of sp³-hybridized carbons (Fsp3) is 0. The van der Waals surface area contributed by atoms with Crippen molar-refractivity contribution in [3.63, 3.8) is 0 Å². The average molecular weight is 368 g/mol. The number of nitrogens with two attached hydrogens (primary N) is 1. The highest BCUT2D eigenvalue weighted by atomic mass is 79.9. The molecule has 0 unspecified atom stereocenters. The van der Waals surface area contributed by atoms with Crippen LogP contribution >= 0.6 is 27.7 Å². The fourth-order valence-electron chi connectivity index (χ4n) is 1.70. The molecule has 0 aliphatic carbocycles. The van der Waals surface area contributed by atoms with E-state index in [-0.39, 0.29) is 11.5 Å². The topological polar surface area (TPSA) is 102 Å². The molecule has 6 nitrogen and oxygen atoms in total. The number of nitro groups is 1. The standard InChI is InChI=1S/C13H10BrN3O3S/c14-8-4-3-7-11(12(8)13(15)16-18)21-10-6-2-1-5-9(10)17(19)20/h1-7,18H,(H2,15,16). The molecule has 8 heteroatoms. The predicted molar refractivity (Wildman–Crippen MR) is 83.9 cm³/mol. The van der Waals surface area contributed by atoms with Gasteiger partial charge in [0.05, 0.1) is 9.82 Å². The lowest BCUT2D eigenvalue weighted by molar-refractivity contribution is -0.387. The second kappa shape index (κ2) is 6.59. The number of halogens is 1. The Morgan fingerprint density at radius 2 is 1.90 bits per heavy atom. The van der Waals surface area contributed by atoms with Crippen LogP contribution in [0.3, 0.4) is 0 Å². The molecule has 21 heavy (non-hydrogen) atoms. The Hall–Kier alpha value is -2.06. The zero-order valence-electron chi connectivity index (χ0n) is 10.6. The van der Waals surface area contributed by atoms with E-state index in [9.17, 15) is 10.1 Å². The summed E-state index contributed by atoms with van der Waals surface area (Å²) >= 11 is 4.51. The average Bonchev–Trinajstić information content (AvgIpc) is 2.47. The predicted octanol–water partition coefficient (Wildman–Crippen LogP) is 3.60. The summed E-state index contributed by atoms with van der Waals surface area (Å²) in [6, 6.07) is 11.7. The molecule has 108 valence electrons. The molecule has 0 atom stereocenters. The quantitative estimate of drug-likeness (QED) is 0.282. The van der Waals surface area contributed by atoms with Gasteiger partial charge < -0.3 is 10.9 Å². The van der Waals surface area contributed by atoms with Crippen molar-refractivity contribution < 1.29 is 10.1 Å². The molecule has 0 aliphatic heterocycles. The van der Waals surface area contributed by atoms with E-state index in [1.165, 1.54) is 17.8 Å². The van der Waals surface area contributed by atoms with Crippen LogP contribution in [0.25, 0.3) is 0 Å². The van der Waals surface area contributed by atoms with Gasteiger partial charge in [0.15, 0.2) is 5.84 Å². The van der Waals surface area contributed by atoms with Crippen molar-refractivity contribution >= 4 is 39.2 Å². The molecule has 2 rings (SSSR count). The maximum Gasteiger partial charge on any atom is 0.283 e. The van der Waals surface area contributed by atoms with Gasteiger partial charge in [0.1, 0.15) is 0 Å². The molecule has 2 aromatic carbocycles. The minimum absolute atomic E-state index is 0.00735. The van der Waals surface area contributed by atoms with Crippen molar-refractivity contribution in [3.05, 3.63) is 62.6 Å². The lowest BCUT2D eigenvalue weighted by Gasteiger charge is -2.10. The minimum atomic E-state index is -0.441. The third kappa shape index (κ3) is 3.34. The Bertz CT molecular complexity index is 722. The monoisotopic (exact) mass is 367 g/mol. The second-order valence-corrected chi connectivity index (χ2v) is 5.86. The highest BCUT2D eigenvalue weighted by Gasteiger charge is 2.17. The van der Waals surface area contributed by atoms with Gasteiger partial charge in [-0.1, -0.05) is 35.1 Å². The van der Waals surface area contributed by atoms with Crippen molar-refractivity contribution in [1.82, 2.24) is 0 Å². The number of para-hydroxylation sites is 1. The van der Waals surface area contributed by atoms with Gasteiger partial charge in [-0.15, -0.1) is 0 Å². The van der Waals surface area contributed by atoms with Crippen LogP contribution in [0.15, 0.2) is 61.9 Å². The van der Waals surface area contributed by atoms with Gasteiger partial charge in [0.25, 0.3) is 5.69 Å². The van der Waals surface area contributed by atoms with Gasteiger partial charge >= 0.3 is 0 Å². The third-order valence-corrected chi connectivity index (χ3v) is 4.41. The molecule has 0 heterocycles. The van der Waals surface area contributed by atoms with E-state index in [4.69, 9.17) is 10.9 Å². The van der Waals surface area contributed by atoms with Crippen LogP contribution in [0, 0.1) is 10.1 Å². The number of hydrogen-bond acceptors (Lipinski definition) is 5. The first-order valence-electron chi connectivity index (χ1n) is 5.72. The highest BCUT2D eigenvalue weighted by molar-refractivity contribution is 9.10. The summed E-state index contributed by atoms with van der Waals surface area (Å²) in [4.78, 5) is 11.7.